The fourth-order valence-corrected chi connectivity index (χ4v) is 3.97. The summed E-state index contributed by atoms with van der Waals surface area (Å²) in [5, 5.41) is 0. The van der Waals surface area contributed by atoms with Crippen LogP contribution in [0, 0.1) is 0 Å². The number of rotatable bonds is 4. The predicted octanol–water partition coefficient (Wildman–Crippen LogP) is 3.95. The highest BCUT2D eigenvalue weighted by atomic mass is 79.9. The fraction of sp³-hybridized carbons (Fsp3) is 0.400. The standard InChI is InChI=1S/C20H22BrN3O2/c21-16-4-6-18(7-5-16)26-19-8-3-15(13-22-19)20(25)24-12-9-17(14-24)23-10-1-2-11-23/h3-8,13,17H,1-2,9-12,14H2. The second-order valence-electron chi connectivity index (χ2n) is 6.88. The van der Waals surface area contributed by atoms with E-state index in [-0.39, 0.29) is 5.91 Å². The van der Waals surface area contributed by atoms with Gasteiger partial charge in [0.2, 0.25) is 5.88 Å². The summed E-state index contributed by atoms with van der Waals surface area (Å²) >= 11 is 3.40. The highest BCUT2D eigenvalue weighted by Gasteiger charge is 2.31. The molecule has 0 spiro atoms. The molecule has 2 saturated heterocycles. The van der Waals surface area contributed by atoms with Gasteiger partial charge in [0.1, 0.15) is 5.75 Å². The molecule has 3 heterocycles. The molecule has 2 aliphatic heterocycles. The monoisotopic (exact) mass is 415 g/mol. The molecule has 1 aromatic heterocycles. The van der Waals surface area contributed by atoms with E-state index in [4.69, 9.17) is 4.74 Å². The highest BCUT2D eigenvalue weighted by Crippen LogP contribution is 2.24. The Labute approximate surface area is 162 Å². The summed E-state index contributed by atoms with van der Waals surface area (Å²) in [6.45, 7) is 4.01. The number of carbonyl (C=O) groups excluding carboxylic acids is 1. The molecule has 2 fully saturated rings. The normalized spacial score (nSPS) is 20.5. The van der Waals surface area contributed by atoms with E-state index < -0.39 is 0 Å². The molecule has 0 radical (unpaired) electrons. The molecule has 1 amide bonds. The summed E-state index contributed by atoms with van der Waals surface area (Å²) < 4.78 is 6.71. The summed E-state index contributed by atoms with van der Waals surface area (Å²) in [5.41, 5.74) is 0.621. The van der Waals surface area contributed by atoms with Crippen LogP contribution in [0.25, 0.3) is 0 Å². The Morgan fingerprint density at radius 3 is 2.54 bits per heavy atom. The summed E-state index contributed by atoms with van der Waals surface area (Å²) in [6, 6.07) is 11.6. The predicted molar refractivity (Wildman–Crippen MR) is 104 cm³/mol. The zero-order valence-corrected chi connectivity index (χ0v) is 16.2. The third kappa shape index (κ3) is 3.91. The molecule has 1 aromatic carbocycles. The zero-order chi connectivity index (χ0) is 17.9. The Morgan fingerprint density at radius 2 is 1.85 bits per heavy atom. The fourth-order valence-electron chi connectivity index (χ4n) is 3.70. The van der Waals surface area contributed by atoms with Gasteiger partial charge in [-0.2, -0.15) is 0 Å². The molecule has 0 bridgehead atoms. The lowest BCUT2D eigenvalue weighted by molar-refractivity contribution is 0.0779. The first-order valence-electron chi connectivity index (χ1n) is 9.12. The Hall–Kier alpha value is -1.92. The maximum Gasteiger partial charge on any atom is 0.255 e. The van der Waals surface area contributed by atoms with E-state index in [2.05, 4.69) is 25.8 Å². The maximum atomic E-state index is 12.7. The van der Waals surface area contributed by atoms with Gasteiger partial charge < -0.3 is 9.64 Å². The smallest absolute Gasteiger partial charge is 0.255 e. The van der Waals surface area contributed by atoms with Gasteiger partial charge in [-0.15, -0.1) is 0 Å². The summed E-state index contributed by atoms with van der Waals surface area (Å²) in [6.07, 6.45) is 5.26. The minimum atomic E-state index is 0.0642. The van der Waals surface area contributed by atoms with Crippen molar-refractivity contribution in [3.8, 4) is 11.6 Å². The van der Waals surface area contributed by atoms with Gasteiger partial charge in [0.15, 0.2) is 0 Å². The van der Waals surface area contributed by atoms with Crippen LogP contribution >= 0.6 is 15.9 Å². The number of halogens is 1. The van der Waals surface area contributed by atoms with Gasteiger partial charge in [0.25, 0.3) is 5.91 Å². The molecule has 0 N–H and O–H groups in total. The number of aromatic nitrogens is 1. The molecular formula is C20H22BrN3O2. The van der Waals surface area contributed by atoms with Gasteiger partial charge >= 0.3 is 0 Å². The van der Waals surface area contributed by atoms with Crippen molar-refractivity contribution in [1.82, 2.24) is 14.8 Å². The van der Waals surface area contributed by atoms with Crippen LogP contribution in [0.2, 0.25) is 0 Å². The molecular weight excluding hydrogens is 394 g/mol. The minimum absolute atomic E-state index is 0.0642. The van der Waals surface area contributed by atoms with Crippen molar-refractivity contribution in [1.29, 1.82) is 0 Å². The van der Waals surface area contributed by atoms with Crippen LogP contribution in [0.1, 0.15) is 29.6 Å². The summed E-state index contributed by atoms with van der Waals surface area (Å²) in [4.78, 5) is 21.5. The number of amides is 1. The van der Waals surface area contributed by atoms with Crippen LogP contribution in [0.15, 0.2) is 47.1 Å². The first-order chi connectivity index (χ1) is 12.7. The Bertz CT molecular complexity index is 758. The first-order valence-corrected chi connectivity index (χ1v) is 9.91. The Kier molecular flexibility index (Phi) is 5.22. The number of hydrogen-bond acceptors (Lipinski definition) is 4. The van der Waals surface area contributed by atoms with Crippen molar-refractivity contribution in [2.24, 2.45) is 0 Å². The van der Waals surface area contributed by atoms with Gasteiger partial charge in [-0.3, -0.25) is 9.69 Å². The SMILES string of the molecule is O=C(c1ccc(Oc2ccc(Br)cc2)nc1)N1CCC(N2CCCC2)C1. The van der Waals surface area contributed by atoms with Crippen LogP contribution in [-0.2, 0) is 0 Å². The first kappa shape index (κ1) is 17.5. The third-order valence-electron chi connectivity index (χ3n) is 5.13. The molecule has 6 heteroatoms. The van der Waals surface area contributed by atoms with E-state index in [0.29, 0.717) is 23.2 Å². The number of ether oxygens (including phenoxy) is 1. The molecule has 5 nitrogen and oxygen atoms in total. The number of pyridine rings is 1. The topological polar surface area (TPSA) is 45.7 Å². The van der Waals surface area contributed by atoms with Gasteiger partial charge in [0.05, 0.1) is 5.56 Å². The van der Waals surface area contributed by atoms with Gasteiger partial charge in [-0.25, -0.2) is 4.98 Å². The van der Waals surface area contributed by atoms with Crippen molar-refractivity contribution in [3.63, 3.8) is 0 Å². The quantitative estimate of drug-likeness (QED) is 0.758. The molecule has 136 valence electrons. The van der Waals surface area contributed by atoms with E-state index in [1.54, 1.807) is 18.3 Å². The molecule has 1 atom stereocenters. The van der Waals surface area contributed by atoms with Crippen molar-refractivity contribution in [3.05, 3.63) is 52.6 Å². The van der Waals surface area contributed by atoms with E-state index in [1.165, 1.54) is 25.9 Å². The van der Waals surface area contributed by atoms with Crippen LogP contribution < -0.4 is 4.74 Å². The van der Waals surface area contributed by atoms with E-state index in [9.17, 15) is 4.79 Å². The molecule has 26 heavy (non-hydrogen) atoms. The lowest BCUT2D eigenvalue weighted by atomic mass is 10.2. The lowest BCUT2D eigenvalue weighted by Gasteiger charge is -2.23. The van der Waals surface area contributed by atoms with E-state index in [1.807, 2.05) is 29.2 Å². The molecule has 1 unspecified atom stereocenters. The molecule has 4 rings (SSSR count). The Morgan fingerprint density at radius 1 is 1.08 bits per heavy atom. The van der Waals surface area contributed by atoms with Gasteiger partial charge in [-0.05, 0) is 62.7 Å². The van der Waals surface area contributed by atoms with Crippen LogP contribution in [0.3, 0.4) is 0 Å². The van der Waals surface area contributed by atoms with Crippen molar-refractivity contribution < 1.29 is 9.53 Å². The average molecular weight is 416 g/mol. The highest BCUT2D eigenvalue weighted by molar-refractivity contribution is 9.10. The number of likely N-dealkylation sites (tertiary alicyclic amines) is 2. The molecule has 2 aromatic rings. The molecule has 0 aliphatic carbocycles. The van der Waals surface area contributed by atoms with Crippen LogP contribution in [0.4, 0.5) is 0 Å². The van der Waals surface area contributed by atoms with Gasteiger partial charge in [0, 0.05) is 35.9 Å². The van der Waals surface area contributed by atoms with Gasteiger partial charge in [-0.1, -0.05) is 15.9 Å². The summed E-state index contributed by atoms with van der Waals surface area (Å²) in [5.74, 6) is 1.27. The summed E-state index contributed by atoms with van der Waals surface area (Å²) in [7, 11) is 0. The van der Waals surface area contributed by atoms with Crippen molar-refractivity contribution in [2.75, 3.05) is 26.2 Å². The Balaban J connectivity index is 1.37. The van der Waals surface area contributed by atoms with Crippen molar-refractivity contribution >= 4 is 21.8 Å². The second kappa shape index (κ2) is 7.76. The van der Waals surface area contributed by atoms with Crippen molar-refractivity contribution in [2.45, 2.75) is 25.3 Å². The third-order valence-corrected chi connectivity index (χ3v) is 5.66. The molecule has 2 aliphatic rings. The average Bonchev–Trinajstić information content (AvgIpc) is 3.35. The van der Waals surface area contributed by atoms with Crippen LogP contribution in [-0.4, -0.2) is 52.9 Å². The zero-order valence-electron chi connectivity index (χ0n) is 14.6. The largest absolute Gasteiger partial charge is 0.439 e. The molecule has 0 saturated carbocycles. The lowest BCUT2D eigenvalue weighted by Crippen LogP contribution is -2.37. The maximum absolute atomic E-state index is 12.7. The number of benzene rings is 1. The van der Waals surface area contributed by atoms with Crippen LogP contribution in [0.5, 0.6) is 11.6 Å². The van der Waals surface area contributed by atoms with E-state index >= 15 is 0 Å². The number of carbonyl (C=O) groups is 1. The second-order valence-corrected chi connectivity index (χ2v) is 7.79. The number of hydrogen-bond donors (Lipinski definition) is 0. The minimum Gasteiger partial charge on any atom is -0.439 e. The van der Waals surface area contributed by atoms with E-state index in [0.717, 1.165) is 24.0 Å². The number of nitrogens with zero attached hydrogens (tertiary/aromatic N) is 3.